The number of methoxy groups -OCH3 is 1. The molecule has 27 heavy (non-hydrogen) atoms. The molecule has 1 heterocycles. The lowest BCUT2D eigenvalue weighted by molar-refractivity contribution is 0.213. The van der Waals surface area contributed by atoms with Crippen molar-refractivity contribution in [3.05, 3.63) is 42.7 Å². The van der Waals surface area contributed by atoms with E-state index >= 15 is 0 Å². The Morgan fingerprint density at radius 3 is 2.63 bits per heavy atom. The van der Waals surface area contributed by atoms with E-state index in [1.807, 2.05) is 48.1 Å². The zero-order valence-corrected chi connectivity index (χ0v) is 16.7. The average molecular weight is 374 g/mol. The third-order valence-electron chi connectivity index (χ3n) is 3.92. The van der Waals surface area contributed by atoms with Gasteiger partial charge in [0.1, 0.15) is 6.10 Å². The second kappa shape index (κ2) is 11.1. The Balaban J connectivity index is 1.83. The first-order chi connectivity index (χ1) is 13.1. The number of aliphatic imine (C=N–C) groups is 1. The Bertz CT molecular complexity index is 687. The van der Waals surface area contributed by atoms with Crippen LogP contribution in [0.1, 0.15) is 20.8 Å². The molecule has 7 nitrogen and oxygen atoms in total. The van der Waals surface area contributed by atoms with Gasteiger partial charge in [0.15, 0.2) is 17.5 Å². The normalized spacial score (nSPS) is 13.7. The summed E-state index contributed by atoms with van der Waals surface area (Å²) < 4.78 is 13.2. The second-order valence-electron chi connectivity index (χ2n) is 6.51. The number of guanidine groups is 1. The Hall–Kier alpha value is -2.70. The third-order valence-corrected chi connectivity index (χ3v) is 3.92. The third kappa shape index (κ3) is 7.21. The van der Waals surface area contributed by atoms with Crippen molar-refractivity contribution in [1.29, 1.82) is 0 Å². The lowest BCUT2D eigenvalue weighted by Gasteiger charge is -2.19. The van der Waals surface area contributed by atoms with Crippen molar-refractivity contribution in [1.82, 2.24) is 20.4 Å². The molecule has 7 heteroatoms. The van der Waals surface area contributed by atoms with Crippen molar-refractivity contribution < 1.29 is 9.47 Å². The maximum absolute atomic E-state index is 5.98. The molecule has 0 aliphatic heterocycles. The van der Waals surface area contributed by atoms with Gasteiger partial charge in [-0.15, -0.1) is 0 Å². The first-order valence-electron chi connectivity index (χ1n) is 9.41. The minimum atomic E-state index is -0.0355. The van der Waals surface area contributed by atoms with Crippen molar-refractivity contribution in [3.63, 3.8) is 0 Å². The number of aromatic nitrogens is 2. The van der Waals surface area contributed by atoms with Gasteiger partial charge in [0.05, 0.1) is 13.7 Å². The molecule has 1 aromatic carbocycles. The van der Waals surface area contributed by atoms with Gasteiger partial charge < -0.3 is 20.1 Å². The Kier molecular flexibility index (Phi) is 8.48. The highest BCUT2D eigenvalue weighted by molar-refractivity contribution is 5.79. The van der Waals surface area contributed by atoms with E-state index in [0.29, 0.717) is 12.5 Å². The van der Waals surface area contributed by atoms with Crippen LogP contribution in [-0.4, -0.2) is 48.6 Å². The molecule has 2 unspecified atom stereocenters. The molecule has 148 valence electrons. The Morgan fingerprint density at radius 2 is 1.96 bits per heavy atom. The quantitative estimate of drug-likeness (QED) is 0.495. The molecule has 0 bridgehead atoms. The fourth-order valence-corrected chi connectivity index (χ4v) is 2.59. The van der Waals surface area contributed by atoms with E-state index in [-0.39, 0.29) is 6.10 Å². The zero-order valence-electron chi connectivity index (χ0n) is 16.7. The van der Waals surface area contributed by atoms with Crippen LogP contribution in [0.5, 0.6) is 11.5 Å². The molecule has 0 spiro atoms. The highest BCUT2D eigenvalue weighted by Gasteiger charge is 2.10. The van der Waals surface area contributed by atoms with E-state index in [2.05, 4.69) is 34.6 Å². The fourth-order valence-electron chi connectivity index (χ4n) is 2.59. The van der Waals surface area contributed by atoms with E-state index in [1.165, 1.54) is 0 Å². The number of para-hydroxylation sites is 2. The van der Waals surface area contributed by atoms with Crippen molar-refractivity contribution >= 4 is 5.96 Å². The summed E-state index contributed by atoms with van der Waals surface area (Å²) in [6.07, 6.45) is 3.73. The van der Waals surface area contributed by atoms with Crippen LogP contribution in [0, 0.1) is 5.92 Å². The Morgan fingerprint density at radius 1 is 1.19 bits per heavy atom. The molecule has 0 aliphatic carbocycles. The van der Waals surface area contributed by atoms with Crippen molar-refractivity contribution in [2.75, 3.05) is 26.7 Å². The van der Waals surface area contributed by atoms with Crippen molar-refractivity contribution in [2.45, 2.75) is 33.4 Å². The van der Waals surface area contributed by atoms with Crippen LogP contribution in [0.15, 0.2) is 47.7 Å². The van der Waals surface area contributed by atoms with Crippen LogP contribution < -0.4 is 20.1 Å². The molecule has 0 amide bonds. The predicted molar refractivity (Wildman–Crippen MR) is 108 cm³/mol. The van der Waals surface area contributed by atoms with E-state index in [9.17, 15) is 0 Å². The summed E-state index contributed by atoms with van der Waals surface area (Å²) in [7, 11) is 1.64. The molecule has 2 aromatic rings. The number of hydrogen-bond donors (Lipinski definition) is 2. The second-order valence-corrected chi connectivity index (χ2v) is 6.51. The summed E-state index contributed by atoms with van der Waals surface area (Å²) in [5.74, 6) is 2.66. The molecule has 0 aliphatic rings. The first kappa shape index (κ1) is 20.6. The van der Waals surface area contributed by atoms with Crippen LogP contribution in [0.25, 0.3) is 0 Å². The topological polar surface area (TPSA) is 72.7 Å². The van der Waals surface area contributed by atoms with Gasteiger partial charge in [-0.3, -0.25) is 9.67 Å². The monoisotopic (exact) mass is 373 g/mol. The Labute approximate surface area is 161 Å². The van der Waals surface area contributed by atoms with Crippen LogP contribution in [0.4, 0.5) is 0 Å². The maximum Gasteiger partial charge on any atom is 0.191 e. The largest absolute Gasteiger partial charge is 0.493 e. The molecule has 0 radical (unpaired) electrons. The number of rotatable bonds is 10. The number of ether oxygens (including phenoxy) is 2. The summed E-state index contributed by atoms with van der Waals surface area (Å²) in [6.45, 7) is 9.25. The van der Waals surface area contributed by atoms with E-state index < -0.39 is 0 Å². The summed E-state index contributed by atoms with van der Waals surface area (Å²) in [5.41, 5.74) is 0. The maximum atomic E-state index is 5.98. The van der Waals surface area contributed by atoms with E-state index in [4.69, 9.17) is 9.47 Å². The van der Waals surface area contributed by atoms with Gasteiger partial charge in [0.25, 0.3) is 0 Å². The minimum Gasteiger partial charge on any atom is -0.493 e. The lowest BCUT2D eigenvalue weighted by atomic mass is 10.2. The van der Waals surface area contributed by atoms with Crippen LogP contribution in [-0.2, 0) is 6.54 Å². The van der Waals surface area contributed by atoms with Gasteiger partial charge in [-0.1, -0.05) is 19.1 Å². The van der Waals surface area contributed by atoms with Crippen molar-refractivity contribution in [3.8, 4) is 11.5 Å². The fraction of sp³-hybridized carbons (Fsp3) is 0.500. The van der Waals surface area contributed by atoms with E-state index in [0.717, 1.165) is 37.1 Å². The minimum absolute atomic E-state index is 0.0355. The summed E-state index contributed by atoms with van der Waals surface area (Å²) in [4.78, 5) is 4.68. The van der Waals surface area contributed by atoms with Crippen LogP contribution in [0.2, 0.25) is 0 Å². The van der Waals surface area contributed by atoms with Gasteiger partial charge in [0.2, 0.25) is 0 Å². The van der Waals surface area contributed by atoms with Gasteiger partial charge in [-0.25, -0.2) is 0 Å². The van der Waals surface area contributed by atoms with Crippen molar-refractivity contribution in [2.24, 2.45) is 10.9 Å². The number of nitrogens with zero attached hydrogens (tertiary/aromatic N) is 3. The zero-order chi connectivity index (χ0) is 19.5. The van der Waals surface area contributed by atoms with Crippen LogP contribution in [0.3, 0.4) is 0 Å². The first-order valence-corrected chi connectivity index (χ1v) is 9.41. The summed E-state index contributed by atoms with van der Waals surface area (Å²) >= 11 is 0. The molecular formula is C20H31N5O2. The summed E-state index contributed by atoms with van der Waals surface area (Å²) in [5, 5.41) is 10.9. The molecule has 0 saturated carbocycles. The molecule has 1 aromatic heterocycles. The highest BCUT2D eigenvalue weighted by atomic mass is 16.5. The summed E-state index contributed by atoms with van der Waals surface area (Å²) in [6, 6.07) is 9.60. The molecular weight excluding hydrogens is 342 g/mol. The predicted octanol–water partition coefficient (Wildman–Crippen LogP) is 2.55. The highest BCUT2D eigenvalue weighted by Crippen LogP contribution is 2.26. The number of nitrogens with one attached hydrogen (secondary N) is 2. The number of hydrogen-bond acceptors (Lipinski definition) is 4. The van der Waals surface area contributed by atoms with Gasteiger partial charge in [-0.05, 0) is 38.0 Å². The molecule has 2 rings (SSSR count). The van der Waals surface area contributed by atoms with Gasteiger partial charge in [-0.2, -0.15) is 5.10 Å². The average Bonchev–Trinajstić information content (AvgIpc) is 3.17. The molecule has 0 saturated heterocycles. The van der Waals surface area contributed by atoms with E-state index in [1.54, 1.807) is 13.3 Å². The molecule has 2 atom stereocenters. The smallest absolute Gasteiger partial charge is 0.191 e. The standard InChI is InChI=1S/C20H31N5O2/c1-5-21-20(22-13-16(2)15-25-12-8-11-24-25)23-14-17(3)27-19-10-7-6-9-18(19)26-4/h6-12,16-17H,5,13-15H2,1-4H3,(H2,21,22,23). The number of benzene rings is 1. The lowest BCUT2D eigenvalue weighted by Crippen LogP contribution is -2.42. The van der Waals surface area contributed by atoms with Crippen LogP contribution >= 0.6 is 0 Å². The van der Waals surface area contributed by atoms with Gasteiger partial charge in [0, 0.05) is 32.0 Å². The van der Waals surface area contributed by atoms with Gasteiger partial charge >= 0.3 is 0 Å². The molecule has 0 fully saturated rings. The SMILES string of the molecule is CCNC(=NCC(C)Cn1cccn1)NCC(C)Oc1ccccc1OC. The molecule has 2 N–H and O–H groups in total.